The summed E-state index contributed by atoms with van der Waals surface area (Å²) in [6.07, 6.45) is 5.66. The molecule has 1 aliphatic carbocycles. The number of rotatable bonds is 5. The van der Waals surface area contributed by atoms with Crippen molar-refractivity contribution in [3.63, 3.8) is 0 Å². The number of aryl methyl sites for hydroxylation is 1. The van der Waals surface area contributed by atoms with Crippen LogP contribution < -0.4 is 5.32 Å². The molecular formula is C17H25NO3. The second kappa shape index (κ2) is 6.94. The lowest BCUT2D eigenvalue weighted by Crippen LogP contribution is -2.35. The van der Waals surface area contributed by atoms with Crippen molar-refractivity contribution in [2.45, 2.75) is 39.0 Å². The molecule has 0 spiro atoms. The van der Waals surface area contributed by atoms with E-state index in [0.717, 1.165) is 24.1 Å². The van der Waals surface area contributed by atoms with Crippen molar-refractivity contribution in [2.24, 2.45) is 5.41 Å². The van der Waals surface area contributed by atoms with Gasteiger partial charge in [0.25, 0.3) is 0 Å². The third kappa shape index (κ3) is 3.76. The van der Waals surface area contributed by atoms with Crippen LogP contribution in [-0.4, -0.2) is 31.3 Å². The van der Waals surface area contributed by atoms with Crippen LogP contribution in [0.3, 0.4) is 0 Å². The van der Waals surface area contributed by atoms with Gasteiger partial charge in [-0.25, -0.2) is 4.79 Å². The van der Waals surface area contributed by atoms with E-state index < -0.39 is 0 Å². The maximum absolute atomic E-state index is 11.9. The smallest absolute Gasteiger partial charge is 0.339 e. The molecule has 0 unspecified atom stereocenters. The molecular weight excluding hydrogens is 266 g/mol. The van der Waals surface area contributed by atoms with Gasteiger partial charge >= 0.3 is 5.97 Å². The van der Waals surface area contributed by atoms with Gasteiger partial charge in [0, 0.05) is 17.6 Å². The monoisotopic (exact) mass is 291 g/mol. The second-order valence-corrected chi connectivity index (χ2v) is 6.11. The van der Waals surface area contributed by atoms with Gasteiger partial charge in [-0.15, -0.1) is 0 Å². The number of carbonyl (C=O) groups is 1. The Hall–Kier alpha value is -1.55. The summed E-state index contributed by atoms with van der Waals surface area (Å²) in [6, 6.07) is 5.72. The number of esters is 1. The normalized spacial score (nSPS) is 17.3. The molecule has 0 bridgehead atoms. The lowest BCUT2D eigenvalue weighted by Gasteiger charge is -2.36. The van der Waals surface area contributed by atoms with E-state index in [1.807, 2.05) is 25.1 Å². The Morgan fingerprint density at radius 3 is 2.67 bits per heavy atom. The maximum atomic E-state index is 11.9. The molecule has 0 amide bonds. The lowest BCUT2D eigenvalue weighted by atomic mass is 9.74. The van der Waals surface area contributed by atoms with Crippen molar-refractivity contribution < 1.29 is 14.6 Å². The average Bonchev–Trinajstić information content (AvgIpc) is 2.53. The van der Waals surface area contributed by atoms with Crippen LogP contribution in [0, 0.1) is 12.3 Å². The van der Waals surface area contributed by atoms with Gasteiger partial charge in [-0.1, -0.05) is 30.9 Å². The number of aliphatic hydroxyl groups excluding tert-OH is 1. The van der Waals surface area contributed by atoms with Crippen molar-refractivity contribution in [3.05, 3.63) is 29.3 Å². The minimum atomic E-state index is -0.331. The Morgan fingerprint density at radius 1 is 1.33 bits per heavy atom. The Balaban J connectivity index is 2.13. The minimum absolute atomic E-state index is 0.0590. The van der Waals surface area contributed by atoms with Gasteiger partial charge in [-0.2, -0.15) is 0 Å². The van der Waals surface area contributed by atoms with Crippen molar-refractivity contribution in [2.75, 3.05) is 25.6 Å². The molecule has 4 heteroatoms. The summed E-state index contributed by atoms with van der Waals surface area (Å²) < 4.78 is 4.85. The molecule has 2 rings (SSSR count). The first kappa shape index (κ1) is 15.8. The summed E-state index contributed by atoms with van der Waals surface area (Å²) in [5, 5.41) is 13.1. The number of anilines is 1. The van der Waals surface area contributed by atoms with Crippen LogP contribution in [0.5, 0.6) is 0 Å². The van der Waals surface area contributed by atoms with Crippen LogP contribution in [0.4, 0.5) is 5.69 Å². The van der Waals surface area contributed by atoms with Gasteiger partial charge in [0.15, 0.2) is 0 Å². The van der Waals surface area contributed by atoms with E-state index in [0.29, 0.717) is 12.1 Å². The van der Waals surface area contributed by atoms with Crippen LogP contribution in [0.1, 0.15) is 48.0 Å². The predicted molar refractivity (Wildman–Crippen MR) is 83.6 cm³/mol. The molecule has 0 aliphatic heterocycles. The summed E-state index contributed by atoms with van der Waals surface area (Å²) in [7, 11) is 1.39. The SMILES string of the molecule is COC(=O)c1cc(C)ccc1NCC1(CO)CCCCC1. The quantitative estimate of drug-likeness (QED) is 0.818. The average molecular weight is 291 g/mol. The minimum Gasteiger partial charge on any atom is -0.465 e. The second-order valence-electron chi connectivity index (χ2n) is 6.11. The van der Waals surface area contributed by atoms with E-state index in [1.165, 1.54) is 26.4 Å². The molecule has 0 aromatic heterocycles. The van der Waals surface area contributed by atoms with Crippen molar-refractivity contribution in [1.29, 1.82) is 0 Å². The molecule has 4 nitrogen and oxygen atoms in total. The fourth-order valence-electron chi connectivity index (χ4n) is 3.07. The first-order valence-electron chi connectivity index (χ1n) is 7.64. The van der Waals surface area contributed by atoms with Crippen molar-refractivity contribution in [1.82, 2.24) is 0 Å². The highest BCUT2D eigenvalue weighted by Crippen LogP contribution is 2.36. The largest absolute Gasteiger partial charge is 0.465 e. The number of hydrogen-bond acceptors (Lipinski definition) is 4. The summed E-state index contributed by atoms with van der Waals surface area (Å²) >= 11 is 0. The molecule has 21 heavy (non-hydrogen) atoms. The molecule has 0 heterocycles. The summed E-state index contributed by atoms with van der Waals surface area (Å²) in [4.78, 5) is 11.9. The molecule has 116 valence electrons. The fourth-order valence-corrected chi connectivity index (χ4v) is 3.07. The van der Waals surface area contributed by atoms with E-state index in [-0.39, 0.29) is 18.0 Å². The summed E-state index contributed by atoms with van der Waals surface area (Å²) in [6.45, 7) is 2.84. The van der Waals surface area contributed by atoms with Gasteiger partial charge in [0.1, 0.15) is 0 Å². The van der Waals surface area contributed by atoms with Crippen molar-refractivity contribution >= 4 is 11.7 Å². The Kier molecular flexibility index (Phi) is 5.23. The number of carbonyl (C=O) groups excluding carboxylic acids is 1. The number of benzene rings is 1. The topological polar surface area (TPSA) is 58.6 Å². The predicted octanol–water partition coefficient (Wildman–Crippen LogP) is 3.14. The maximum Gasteiger partial charge on any atom is 0.339 e. The van der Waals surface area contributed by atoms with E-state index in [1.54, 1.807) is 0 Å². The van der Waals surface area contributed by atoms with Crippen LogP contribution in [0.15, 0.2) is 18.2 Å². The first-order valence-corrected chi connectivity index (χ1v) is 7.64. The van der Waals surface area contributed by atoms with Crippen LogP contribution in [0.25, 0.3) is 0 Å². The number of hydrogen-bond donors (Lipinski definition) is 2. The zero-order chi connectivity index (χ0) is 15.3. The van der Waals surface area contributed by atoms with Crippen molar-refractivity contribution in [3.8, 4) is 0 Å². The molecule has 0 atom stereocenters. The van der Waals surface area contributed by atoms with Crippen LogP contribution >= 0.6 is 0 Å². The number of nitrogens with one attached hydrogen (secondary N) is 1. The van der Waals surface area contributed by atoms with Crippen LogP contribution in [0.2, 0.25) is 0 Å². The third-order valence-corrected chi connectivity index (χ3v) is 4.48. The molecule has 0 radical (unpaired) electrons. The third-order valence-electron chi connectivity index (χ3n) is 4.48. The van der Waals surface area contributed by atoms with Crippen LogP contribution in [-0.2, 0) is 4.74 Å². The van der Waals surface area contributed by atoms with Gasteiger partial charge in [0.2, 0.25) is 0 Å². The molecule has 0 saturated heterocycles. The number of aliphatic hydroxyl groups is 1. The molecule has 1 aromatic carbocycles. The van der Waals surface area contributed by atoms with Gasteiger partial charge in [-0.3, -0.25) is 0 Å². The summed E-state index contributed by atoms with van der Waals surface area (Å²) in [5.74, 6) is -0.331. The van der Waals surface area contributed by atoms with Gasteiger partial charge < -0.3 is 15.2 Å². The first-order chi connectivity index (χ1) is 10.1. The Labute approximate surface area is 126 Å². The molecule has 1 aliphatic rings. The molecule has 1 saturated carbocycles. The zero-order valence-corrected chi connectivity index (χ0v) is 12.9. The van der Waals surface area contributed by atoms with E-state index in [2.05, 4.69) is 5.32 Å². The Morgan fingerprint density at radius 2 is 2.05 bits per heavy atom. The van der Waals surface area contributed by atoms with E-state index >= 15 is 0 Å². The number of methoxy groups -OCH3 is 1. The lowest BCUT2D eigenvalue weighted by molar-refractivity contribution is 0.0601. The molecule has 1 aromatic rings. The van der Waals surface area contributed by atoms with E-state index in [9.17, 15) is 9.90 Å². The highest BCUT2D eigenvalue weighted by molar-refractivity contribution is 5.95. The van der Waals surface area contributed by atoms with Gasteiger partial charge in [-0.05, 0) is 31.9 Å². The standard InChI is InChI=1S/C17H25NO3/c1-13-6-7-15(14(10-13)16(20)21-2)18-11-17(12-19)8-4-3-5-9-17/h6-7,10,18-19H,3-5,8-9,11-12H2,1-2H3. The van der Waals surface area contributed by atoms with Gasteiger partial charge in [0.05, 0.1) is 19.3 Å². The molecule has 1 fully saturated rings. The zero-order valence-electron chi connectivity index (χ0n) is 12.9. The number of ether oxygens (including phenoxy) is 1. The summed E-state index contributed by atoms with van der Waals surface area (Å²) in [5.41, 5.74) is 2.30. The highest BCUT2D eigenvalue weighted by atomic mass is 16.5. The molecule has 2 N–H and O–H groups in total. The highest BCUT2D eigenvalue weighted by Gasteiger charge is 2.31. The fraction of sp³-hybridized carbons (Fsp3) is 0.588. The van der Waals surface area contributed by atoms with E-state index in [4.69, 9.17) is 4.74 Å². The Bertz CT molecular complexity index is 493.